The molecule has 1 N–H and O–H groups in total. The van der Waals surface area contributed by atoms with Gasteiger partial charge in [0.2, 0.25) is 0 Å². The van der Waals surface area contributed by atoms with Crippen LogP contribution in [0.15, 0.2) is 12.1 Å². The second kappa shape index (κ2) is 4.14. The number of carbonyl (C=O) groups excluding carboxylic acids is 1. The van der Waals surface area contributed by atoms with E-state index in [9.17, 15) is 9.90 Å². The van der Waals surface area contributed by atoms with Crippen molar-refractivity contribution in [1.82, 2.24) is 0 Å². The highest BCUT2D eigenvalue weighted by Crippen LogP contribution is 2.31. The molecule has 0 fully saturated rings. The molecule has 0 aliphatic rings. The maximum absolute atomic E-state index is 10.5. The van der Waals surface area contributed by atoms with Crippen LogP contribution in [0.3, 0.4) is 0 Å². The van der Waals surface area contributed by atoms with Crippen LogP contribution in [0.5, 0.6) is 11.5 Å². The van der Waals surface area contributed by atoms with Crippen LogP contribution in [0.4, 0.5) is 0 Å². The Labute approximate surface area is 80.9 Å². The molecule has 1 aromatic carbocycles. The molecule has 1 aromatic rings. The van der Waals surface area contributed by atoms with Gasteiger partial charge >= 0.3 is 0 Å². The van der Waals surface area contributed by atoms with Gasteiger partial charge in [0.05, 0.1) is 11.6 Å². The molecular weight excluding hydrogens is 192 g/mol. The Balaban J connectivity index is 3.14. The highest BCUT2D eigenvalue weighted by atomic mass is 35.5. The van der Waals surface area contributed by atoms with Gasteiger partial charge in [0.1, 0.15) is 0 Å². The zero-order valence-electron chi connectivity index (χ0n) is 7.08. The van der Waals surface area contributed by atoms with Crippen LogP contribution in [0.2, 0.25) is 5.02 Å². The normalized spacial score (nSPS) is 9.69. The number of benzene rings is 1. The Bertz CT molecular complexity index is 323. The Morgan fingerprint density at radius 3 is 2.85 bits per heavy atom. The van der Waals surface area contributed by atoms with Gasteiger partial charge in [-0.1, -0.05) is 11.6 Å². The van der Waals surface area contributed by atoms with E-state index >= 15 is 0 Å². The van der Waals surface area contributed by atoms with Gasteiger partial charge in [-0.05, 0) is 13.0 Å². The molecule has 0 unspecified atom stereocenters. The zero-order chi connectivity index (χ0) is 9.84. The van der Waals surface area contributed by atoms with Crippen molar-refractivity contribution in [2.45, 2.75) is 6.92 Å². The summed E-state index contributed by atoms with van der Waals surface area (Å²) in [7, 11) is 0. The maximum Gasteiger partial charge on any atom is 0.161 e. The second-order valence-corrected chi connectivity index (χ2v) is 2.80. The molecule has 0 saturated heterocycles. The van der Waals surface area contributed by atoms with Crippen LogP contribution in [-0.2, 0) is 0 Å². The molecule has 0 aromatic heterocycles. The van der Waals surface area contributed by atoms with Crippen LogP contribution < -0.4 is 4.74 Å². The summed E-state index contributed by atoms with van der Waals surface area (Å²) in [4.78, 5) is 10.5. The number of phenolic OH excluding ortho intramolecular Hbond substituents is 1. The van der Waals surface area contributed by atoms with Gasteiger partial charge in [-0.15, -0.1) is 0 Å². The number of hydrogen-bond acceptors (Lipinski definition) is 3. The Morgan fingerprint density at radius 2 is 2.31 bits per heavy atom. The van der Waals surface area contributed by atoms with Crippen molar-refractivity contribution in [1.29, 1.82) is 0 Å². The highest BCUT2D eigenvalue weighted by Gasteiger charge is 2.07. The average molecular weight is 201 g/mol. The number of rotatable bonds is 3. The monoisotopic (exact) mass is 200 g/mol. The molecule has 0 radical (unpaired) electrons. The van der Waals surface area contributed by atoms with E-state index in [2.05, 4.69) is 0 Å². The van der Waals surface area contributed by atoms with E-state index in [0.29, 0.717) is 18.5 Å². The average Bonchev–Trinajstić information content (AvgIpc) is 2.10. The first-order chi connectivity index (χ1) is 6.19. The molecule has 0 saturated carbocycles. The van der Waals surface area contributed by atoms with Gasteiger partial charge in [0.25, 0.3) is 0 Å². The molecule has 0 heterocycles. The first-order valence-corrected chi connectivity index (χ1v) is 4.17. The number of halogens is 1. The molecule has 0 aliphatic heterocycles. The molecule has 13 heavy (non-hydrogen) atoms. The van der Waals surface area contributed by atoms with E-state index in [4.69, 9.17) is 16.3 Å². The number of aldehydes is 1. The van der Waals surface area contributed by atoms with Crippen LogP contribution in [0.25, 0.3) is 0 Å². The van der Waals surface area contributed by atoms with E-state index in [-0.39, 0.29) is 16.5 Å². The maximum atomic E-state index is 10.5. The number of hydrogen-bond donors (Lipinski definition) is 1. The van der Waals surface area contributed by atoms with Crippen molar-refractivity contribution in [3.8, 4) is 11.5 Å². The fourth-order valence-electron chi connectivity index (χ4n) is 0.920. The minimum absolute atomic E-state index is 0.0579. The fraction of sp³-hybridized carbons (Fsp3) is 0.222. The molecule has 1 rings (SSSR count). The van der Waals surface area contributed by atoms with Crippen LogP contribution in [-0.4, -0.2) is 18.0 Å². The lowest BCUT2D eigenvalue weighted by atomic mass is 10.2. The number of phenols is 1. The number of ether oxygens (including phenoxy) is 1. The van der Waals surface area contributed by atoms with Gasteiger partial charge in [-0.25, -0.2) is 0 Å². The number of carbonyl (C=O) groups is 1. The molecule has 0 spiro atoms. The summed E-state index contributed by atoms with van der Waals surface area (Å²) in [6.45, 7) is 2.21. The van der Waals surface area contributed by atoms with E-state index in [1.807, 2.05) is 0 Å². The second-order valence-electron chi connectivity index (χ2n) is 2.39. The largest absolute Gasteiger partial charge is 0.504 e. The van der Waals surface area contributed by atoms with Gasteiger partial charge < -0.3 is 9.84 Å². The summed E-state index contributed by atoms with van der Waals surface area (Å²) in [6, 6.07) is 2.70. The fourth-order valence-corrected chi connectivity index (χ4v) is 1.12. The summed E-state index contributed by atoms with van der Waals surface area (Å²) in [6.07, 6.45) is 0.615. The smallest absolute Gasteiger partial charge is 0.161 e. The lowest BCUT2D eigenvalue weighted by molar-refractivity contribution is 0.112. The lowest BCUT2D eigenvalue weighted by Crippen LogP contribution is -1.93. The third kappa shape index (κ3) is 2.12. The predicted molar refractivity (Wildman–Crippen MR) is 49.7 cm³/mol. The molecule has 0 bridgehead atoms. The van der Waals surface area contributed by atoms with Gasteiger partial charge in [-0.3, -0.25) is 4.79 Å². The summed E-state index contributed by atoms with van der Waals surface area (Å²) in [5.74, 6) is 0.214. The summed E-state index contributed by atoms with van der Waals surface area (Å²) < 4.78 is 5.07. The molecule has 70 valence electrons. The molecule has 0 amide bonds. The van der Waals surface area contributed by atoms with Gasteiger partial charge in [0.15, 0.2) is 17.8 Å². The van der Waals surface area contributed by atoms with Crippen molar-refractivity contribution in [2.75, 3.05) is 6.61 Å². The Kier molecular flexibility index (Phi) is 3.14. The summed E-state index contributed by atoms with van der Waals surface area (Å²) in [5, 5.41) is 9.54. The third-order valence-corrected chi connectivity index (χ3v) is 1.83. The summed E-state index contributed by atoms with van der Waals surface area (Å²) >= 11 is 5.65. The number of aromatic hydroxyl groups is 1. The van der Waals surface area contributed by atoms with Crippen molar-refractivity contribution in [2.24, 2.45) is 0 Å². The van der Waals surface area contributed by atoms with Crippen molar-refractivity contribution in [3.05, 3.63) is 22.7 Å². The quantitative estimate of drug-likeness (QED) is 0.762. The van der Waals surface area contributed by atoms with E-state index in [1.165, 1.54) is 12.1 Å². The standard InChI is InChI=1S/C9H9ClO3/c1-2-13-9-3-6(5-11)7(10)4-8(9)12/h3-5,12H,2H2,1H3. The lowest BCUT2D eigenvalue weighted by Gasteiger charge is -2.06. The minimum Gasteiger partial charge on any atom is -0.504 e. The van der Waals surface area contributed by atoms with Gasteiger partial charge in [-0.2, -0.15) is 0 Å². The van der Waals surface area contributed by atoms with Crippen molar-refractivity contribution < 1.29 is 14.6 Å². The van der Waals surface area contributed by atoms with Crippen molar-refractivity contribution in [3.63, 3.8) is 0 Å². The van der Waals surface area contributed by atoms with Gasteiger partial charge in [0, 0.05) is 11.6 Å². The molecular formula is C9H9ClO3. The van der Waals surface area contributed by atoms with Crippen LogP contribution in [0.1, 0.15) is 17.3 Å². The minimum atomic E-state index is -0.0579. The molecule has 4 heteroatoms. The topological polar surface area (TPSA) is 46.5 Å². The highest BCUT2D eigenvalue weighted by molar-refractivity contribution is 6.33. The van der Waals surface area contributed by atoms with E-state index in [0.717, 1.165) is 0 Å². The van der Waals surface area contributed by atoms with E-state index < -0.39 is 0 Å². The third-order valence-electron chi connectivity index (χ3n) is 1.51. The van der Waals surface area contributed by atoms with Crippen molar-refractivity contribution >= 4 is 17.9 Å². The first-order valence-electron chi connectivity index (χ1n) is 3.79. The Morgan fingerprint density at radius 1 is 1.62 bits per heavy atom. The summed E-state index contributed by atoms with van der Waals surface area (Å²) in [5.41, 5.74) is 0.308. The molecule has 0 aliphatic carbocycles. The molecule has 3 nitrogen and oxygen atoms in total. The van der Waals surface area contributed by atoms with Crippen LogP contribution >= 0.6 is 11.6 Å². The predicted octanol–water partition coefficient (Wildman–Crippen LogP) is 2.26. The van der Waals surface area contributed by atoms with Crippen LogP contribution in [0, 0.1) is 0 Å². The first kappa shape index (κ1) is 9.86. The molecule has 0 atom stereocenters. The van der Waals surface area contributed by atoms with E-state index in [1.54, 1.807) is 6.92 Å². The SMILES string of the molecule is CCOc1cc(C=O)c(Cl)cc1O. The zero-order valence-corrected chi connectivity index (χ0v) is 7.84. The Hall–Kier alpha value is -1.22.